The number of nitrogens with zero attached hydrogens (tertiary/aromatic N) is 1. The van der Waals surface area contributed by atoms with Crippen molar-refractivity contribution in [1.82, 2.24) is 10.3 Å². The van der Waals surface area contributed by atoms with E-state index in [2.05, 4.69) is 17.2 Å². The topological polar surface area (TPSA) is 62.2 Å². The number of aromatic nitrogens is 1. The van der Waals surface area contributed by atoms with E-state index in [4.69, 9.17) is 5.11 Å². The molecule has 6 heteroatoms. The lowest BCUT2D eigenvalue weighted by Gasteiger charge is -2.09. The van der Waals surface area contributed by atoms with Crippen LogP contribution in [0.5, 0.6) is 0 Å². The Morgan fingerprint density at radius 2 is 2.39 bits per heavy atom. The minimum atomic E-state index is -0.874. The summed E-state index contributed by atoms with van der Waals surface area (Å²) in [7, 11) is 0. The van der Waals surface area contributed by atoms with Crippen LogP contribution in [0.25, 0.3) is 0 Å². The summed E-state index contributed by atoms with van der Waals surface area (Å²) in [5.41, 5.74) is 0.356. The molecule has 0 bridgehead atoms. The molecule has 0 saturated heterocycles. The van der Waals surface area contributed by atoms with Crippen molar-refractivity contribution in [3.63, 3.8) is 0 Å². The molecule has 4 nitrogen and oxygen atoms in total. The van der Waals surface area contributed by atoms with E-state index < -0.39 is 5.97 Å². The molecular weight excluding hydrogens is 268 g/mol. The molecule has 0 spiro atoms. The Morgan fingerprint density at radius 3 is 2.94 bits per heavy atom. The predicted octanol–water partition coefficient (Wildman–Crippen LogP) is 3.06. The molecule has 0 radical (unpaired) electrons. The number of thiazole rings is 1. The Hall–Kier alpha value is -1.24. The third-order valence-corrected chi connectivity index (χ3v) is 4.52. The Morgan fingerprint density at radius 1 is 1.61 bits per heavy atom. The first-order valence-electron chi connectivity index (χ1n) is 5.52. The molecule has 2 aromatic rings. The van der Waals surface area contributed by atoms with Crippen LogP contribution in [-0.4, -0.2) is 16.1 Å². The number of nitrogens with one attached hydrogen (secondary N) is 1. The van der Waals surface area contributed by atoms with Gasteiger partial charge >= 0.3 is 5.97 Å². The summed E-state index contributed by atoms with van der Waals surface area (Å²) in [5.74, 6) is -0.874. The third-order valence-electron chi connectivity index (χ3n) is 2.49. The molecule has 0 fully saturated rings. The molecule has 0 aromatic carbocycles. The van der Waals surface area contributed by atoms with Crippen molar-refractivity contribution in [2.45, 2.75) is 26.4 Å². The van der Waals surface area contributed by atoms with Crippen LogP contribution in [0.2, 0.25) is 0 Å². The molecule has 0 saturated carbocycles. The highest BCUT2D eigenvalue weighted by Gasteiger charge is 2.10. The Balaban J connectivity index is 1.92. The lowest BCUT2D eigenvalue weighted by atomic mass is 10.3. The quantitative estimate of drug-likeness (QED) is 0.884. The van der Waals surface area contributed by atoms with Gasteiger partial charge in [0.1, 0.15) is 5.01 Å². The van der Waals surface area contributed by atoms with Gasteiger partial charge in [0.15, 0.2) is 0 Å². The van der Waals surface area contributed by atoms with Crippen LogP contribution in [0, 0.1) is 6.92 Å². The van der Waals surface area contributed by atoms with E-state index >= 15 is 0 Å². The van der Waals surface area contributed by atoms with E-state index in [0.717, 1.165) is 9.88 Å². The van der Waals surface area contributed by atoms with Crippen LogP contribution in [0.4, 0.5) is 0 Å². The largest absolute Gasteiger partial charge is 0.478 e. The zero-order chi connectivity index (χ0) is 13.1. The number of hydrogen-bond donors (Lipinski definition) is 2. The fourth-order valence-corrected chi connectivity index (χ4v) is 3.11. The molecule has 0 aliphatic rings. The van der Waals surface area contributed by atoms with Crippen molar-refractivity contribution in [1.29, 1.82) is 0 Å². The van der Waals surface area contributed by atoms with Crippen LogP contribution < -0.4 is 5.32 Å². The maximum absolute atomic E-state index is 10.8. The van der Waals surface area contributed by atoms with Crippen LogP contribution >= 0.6 is 22.7 Å². The summed E-state index contributed by atoms with van der Waals surface area (Å²) in [5, 5.41) is 14.9. The SMILES string of the molecule is Cc1cnc(C(C)NCc2cc(C(=O)O)cs2)s1. The predicted molar refractivity (Wildman–Crippen MR) is 73.4 cm³/mol. The molecule has 0 amide bonds. The molecule has 2 aromatic heterocycles. The molecule has 96 valence electrons. The van der Waals surface area contributed by atoms with Crippen molar-refractivity contribution in [3.8, 4) is 0 Å². The van der Waals surface area contributed by atoms with Crippen molar-refractivity contribution in [3.05, 3.63) is 38.0 Å². The highest BCUT2D eigenvalue weighted by atomic mass is 32.1. The lowest BCUT2D eigenvalue weighted by molar-refractivity contribution is 0.0697. The summed E-state index contributed by atoms with van der Waals surface area (Å²) >= 11 is 3.14. The van der Waals surface area contributed by atoms with Gasteiger partial charge in [0.2, 0.25) is 0 Å². The monoisotopic (exact) mass is 282 g/mol. The van der Waals surface area contributed by atoms with Gasteiger partial charge < -0.3 is 10.4 Å². The minimum Gasteiger partial charge on any atom is -0.478 e. The number of carbonyl (C=O) groups is 1. The maximum Gasteiger partial charge on any atom is 0.336 e. The van der Waals surface area contributed by atoms with E-state index in [1.165, 1.54) is 16.2 Å². The zero-order valence-electron chi connectivity index (χ0n) is 10.1. The Labute approximate surface area is 113 Å². The second-order valence-corrected chi connectivity index (χ2v) is 6.28. The summed E-state index contributed by atoms with van der Waals surface area (Å²) in [6, 6.07) is 1.89. The number of carboxylic acid groups (broad SMARTS) is 1. The molecule has 18 heavy (non-hydrogen) atoms. The summed E-state index contributed by atoms with van der Waals surface area (Å²) < 4.78 is 0. The third kappa shape index (κ3) is 3.16. The van der Waals surface area contributed by atoms with Crippen LogP contribution in [-0.2, 0) is 6.54 Å². The second-order valence-electron chi connectivity index (χ2n) is 4.02. The van der Waals surface area contributed by atoms with Gasteiger partial charge in [-0.1, -0.05) is 0 Å². The maximum atomic E-state index is 10.8. The van der Waals surface area contributed by atoms with Gasteiger partial charge in [-0.2, -0.15) is 0 Å². The van der Waals surface area contributed by atoms with Crippen LogP contribution in [0.15, 0.2) is 17.6 Å². The highest BCUT2D eigenvalue weighted by Crippen LogP contribution is 2.20. The first-order chi connectivity index (χ1) is 8.56. The van der Waals surface area contributed by atoms with E-state index in [1.54, 1.807) is 22.8 Å². The number of carboxylic acids is 1. The highest BCUT2D eigenvalue weighted by molar-refractivity contribution is 7.11. The fourth-order valence-electron chi connectivity index (χ4n) is 1.50. The summed E-state index contributed by atoms with van der Waals surface area (Å²) in [6.45, 7) is 4.76. The van der Waals surface area contributed by atoms with Crippen molar-refractivity contribution < 1.29 is 9.90 Å². The Bertz CT molecular complexity index is 548. The zero-order valence-corrected chi connectivity index (χ0v) is 11.8. The molecular formula is C12H14N2O2S2. The normalized spacial score (nSPS) is 12.6. The van der Waals surface area contributed by atoms with Gasteiger partial charge in [-0.3, -0.25) is 0 Å². The van der Waals surface area contributed by atoms with E-state index in [1.807, 2.05) is 13.1 Å². The van der Waals surface area contributed by atoms with Crippen molar-refractivity contribution in [2.75, 3.05) is 0 Å². The van der Waals surface area contributed by atoms with E-state index in [9.17, 15) is 4.79 Å². The molecule has 1 atom stereocenters. The van der Waals surface area contributed by atoms with Crippen LogP contribution in [0.1, 0.15) is 38.1 Å². The molecule has 0 aliphatic heterocycles. The smallest absolute Gasteiger partial charge is 0.336 e. The number of thiophene rings is 1. The van der Waals surface area contributed by atoms with Gasteiger partial charge in [0.25, 0.3) is 0 Å². The Kier molecular flexibility index (Phi) is 4.11. The van der Waals surface area contributed by atoms with E-state index in [-0.39, 0.29) is 6.04 Å². The van der Waals surface area contributed by atoms with Gasteiger partial charge in [0, 0.05) is 27.9 Å². The number of aryl methyl sites for hydroxylation is 1. The average molecular weight is 282 g/mol. The average Bonchev–Trinajstić information content (AvgIpc) is 2.94. The molecule has 2 rings (SSSR count). The van der Waals surface area contributed by atoms with E-state index in [0.29, 0.717) is 12.1 Å². The number of rotatable bonds is 5. The standard InChI is InChI=1S/C12H14N2O2S2/c1-7-4-14-11(18-7)8(2)13-5-10-3-9(6-17-10)12(15)16/h3-4,6,8,13H,5H2,1-2H3,(H,15,16). The van der Waals surface area contributed by atoms with Crippen molar-refractivity contribution >= 4 is 28.6 Å². The van der Waals surface area contributed by atoms with Gasteiger partial charge in [-0.15, -0.1) is 22.7 Å². The molecule has 1 unspecified atom stereocenters. The minimum absolute atomic E-state index is 0.180. The first-order valence-corrected chi connectivity index (χ1v) is 7.22. The lowest BCUT2D eigenvalue weighted by Crippen LogP contribution is -2.17. The number of aromatic carboxylic acids is 1. The molecule has 2 N–H and O–H groups in total. The second kappa shape index (κ2) is 5.60. The van der Waals surface area contributed by atoms with Gasteiger partial charge in [0.05, 0.1) is 11.6 Å². The van der Waals surface area contributed by atoms with Gasteiger partial charge in [-0.05, 0) is 19.9 Å². The van der Waals surface area contributed by atoms with Crippen molar-refractivity contribution in [2.24, 2.45) is 0 Å². The molecule has 2 heterocycles. The molecule has 0 aliphatic carbocycles. The summed E-state index contributed by atoms with van der Waals surface area (Å²) in [6.07, 6.45) is 1.87. The number of hydrogen-bond acceptors (Lipinski definition) is 5. The first kappa shape index (κ1) is 13.2. The van der Waals surface area contributed by atoms with Crippen LogP contribution in [0.3, 0.4) is 0 Å². The van der Waals surface area contributed by atoms with Gasteiger partial charge in [-0.25, -0.2) is 9.78 Å². The summed E-state index contributed by atoms with van der Waals surface area (Å²) in [4.78, 5) is 17.3. The fraction of sp³-hybridized carbons (Fsp3) is 0.333.